The number of rotatable bonds is 7. The molecule has 4 N–H and O–H groups in total. The Bertz CT molecular complexity index is 419. The lowest BCUT2D eigenvalue weighted by Crippen LogP contribution is -2.35. The first-order chi connectivity index (χ1) is 9.17. The summed E-state index contributed by atoms with van der Waals surface area (Å²) in [6, 6.07) is 0. The molecule has 0 atom stereocenters. The fourth-order valence-corrected chi connectivity index (χ4v) is 1.87. The van der Waals surface area contributed by atoms with Crippen LogP contribution >= 0.6 is 0 Å². The van der Waals surface area contributed by atoms with Gasteiger partial charge in [-0.1, -0.05) is 6.92 Å². The predicted molar refractivity (Wildman–Crippen MR) is 75.6 cm³/mol. The lowest BCUT2D eigenvalue weighted by atomic mass is 10.2. The van der Waals surface area contributed by atoms with Crippen LogP contribution in [-0.2, 0) is 11.2 Å². The van der Waals surface area contributed by atoms with E-state index in [0.717, 1.165) is 12.0 Å². The Labute approximate surface area is 113 Å². The molecule has 1 heterocycles. The van der Waals surface area contributed by atoms with Crippen LogP contribution in [0, 0.1) is 0 Å². The van der Waals surface area contributed by atoms with Crippen molar-refractivity contribution in [2.75, 3.05) is 30.4 Å². The van der Waals surface area contributed by atoms with E-state index < -0.39 is 0 Å². The molecule has 106 valence electrons. The number of nitrogen functional groups attached to an aromatic ring is 1. The summed E-state index contributed by atoms with van der Waals surface area (Å²) >= 11 is 0. The Kier molecular flexibility index (Phi) is 6.01. The fourth-order valence-electron chi connectivity index (χ4n) is 1.87. The molecule has 0 aliphatic rings. The van der Waals surface area contributed by atoms with Crippen molar-refractivity contribution >= 4 is 17.5 Å². The van der Waals surface area contributed by atoms with Crippen molar-refractivity contribution < 1.29 is 4.79 Å². The van der Waals surface area contributed by atoms with E-state index in [4.69, 9.17) is 5.84 Å². The predicted octanol–water partition coefficient (Wildman–Crippen LogP) is 0.605. The summed E-state index contributed by atoms with van der Waals surface area (Å²) in [5, 5.41) is 3.05. The molecule has 0 spiro atoms. The molecule has 7 heteroatoms. The third kappa shape index (κ3) is 3.78. The van der Waals surface area contributed by atoms with E-state index in [0.29, 0.717) is 24.7 Å². The van der Waals surface area contributed by atoms with Crippen molar-refractivity contribution in [3.63, 3.8) is 0 Å². The van der Waals surface area contributed by atoms with Crippen molar-refractivity contribution in [3.05, 3.63) is 11.9 Å². The van der Waals surface area contributed by atoms with E-state index in [9.17, 15) is 4.79 Å². The summed E-state index contributed by atoms with van der Waals surface area (Å²) in [5.41, 5.74) is 3.41. The molecule has 19 heavy (non-hydrogen) atoms. The van der Waals surface area contributed by atoms with Crippen LogP contribution in [0.4, 0.5) is 11.6 Å². The topological polar surface area (TPSA) is 96.2 Å². The van der Waals surface area contributed by atoms with Gasteiger partial charge in [0.05, 0.1) is 6.54 Å². The number of amides is 1. The smallest absolute Gasteiger partial charge is 0.241 e. The average molecular weight is 266 g/mol. The van der Waals surface area contributed by atoms with E-state index >= 15 is 0 Å². The van der Waals surface area contributed by atoms with Crippen LogP contribution < -0.4 is 16.6 Å². The van der Waals surface area contributed by atoms with Crippen molar-refractivity contribution in [3.8, 4) is 0 Å². The highest BCUT2D eigenvalue weighted by molar-refractivity contribution is 5.81. The maximum absolute atomic E-state index is 11.9. The summed E-state index contributed by atoms with van der Waals surface area (Å²) in [5.74, 6) is 6.67. The second kappa shape index (κ2) is 7.52. The first kappa shape index (κ1) is 15.2. The van der Waals surface area contributed by atoms with Gasteiger partial charge in [0.2, 0.25) is 5.91 Å². The van der Waals surface area contributed by atoms with Gasteiger partial charge < -0.3 is 15.6 Å². The second-order valence-corrected chi connectivity index (χ2v) is 3.97. The van der Waals surface area contributed by atoms with E-state index in [1.165, 1.54) is 6.33 Å². The highest BCUT2D eigenvalue weighted by Crippen LogP contribution is 2.19. The number of hydrazine groups is 1. The first-order valence-corrected chi connectivity index (χ1v) is 6.49. The molecule has 0 bridgehead atoms. The van der Waals surface area contributed by atoms with Gasteiger partial charge in [-0.25, -0.2) is 15.8 Å². The number of hydrogen-bond donors (Lipinski definition) is 3. The van der Waals surface area contributed by atoms with Crippen LogP contribution in [0.5, 0.6) is 0 Å². The summed E-state index contributed by atoms with van der Waals surface area (Å²) in [4.78, 5) is 21.9. The van der Waals surface area contributed by atoms with Gasteiger partial charge in [-0.15, -0.1) is 0 Å². The van der Waals surface area contributed by atoms with Gasteiger partial charge in [0.15, 0.2) is 0 Å². The third-order valence-electron chi connectivity index (χ3n) is 2.96. The molecule has 0 saturated heterocycles. The van der Waals surface area contributed by atoms with Gasteiger partial charge in [-0.05, 0) is 20.3 Å². The van der Waals surface area contributed by atoms with E-state index in [2.05, 4.69) is 20.7 Å². The lowest BCUT2D eigenvalue weighted by molar-refractivity contribution is -0.128. The van der Waals surface area contributed by atoms with Crippen LogP contribution in [0.1, 0.15) is 26.3 Å². The number of nitrogens with one attached hydrogen (secondary N) is 2. The van der Waals surface area contributed by atoms with Crippen molar-refractivity contribution in [1.82, 2.24) is 14.9 Å². The summed E-state index contributed by atoms with van der Waals surface area (Å²) in [6.45, 7) is 7.53. The molecular weight excluding hydrogens is 244 g/mol. The van der Waals surface area contributed by atoms with Crippen LogP contribution in [0.15, 0.2) is 6.33 Å². The van der Waals surface area contributed by atoms with Crippen LogP contribution in [0.2, 0.25) is 0 Å². The minimum absolute atomic E-state index is 0.0490. The summed E-state index contributed by atoms with van der Waals surface area (Å²) in [7, 11) is 0. The minimum atomic E-state index is 0.0490. The number of carbonyl (C=O) groups is 1. The van der Waals surface area contributed by atoms with Crippen molar-refractivity contribution in [2.45, 2.75) is 27.2 Å². The molecule has 0 fully saturated rings. The van der Waals surface area contributed by atoms with Crippen molar-refractivity contribution in [1.29, 1.82) is 0 Å². The fraction of sp³-hybridized carbons (Fsp3) is 0.583. The van der Waals surface area contributed by atoms with Gasteiger partial charge in [-0.3, -0.25) is 4.79 Å². The third-order valence-corrected chi connectivity index (χ3v) is 2.96. The number of hydrogen-bond acceptors (Lipinski definition) is 6. The van der Waals surface area contributed by atoms with Crippen LogP contribution in [-0.4, -0.2) is 40.4 Å². The first-order valence-electron chi connectivity index (χ1n) is 6.49. The monoisotopic (exact) mass is 266 g/mol. The Morgan fingerprint density at radius 2 is 1.89 bits per heavy atom. The van der Waals surface area contributed by atoms with Crippen LogP contribution in [0.3, 0.4) is 0 Å². The highest BCUT2D eigenvalue weighted by atomic mass is 16.2. The average Bonchev–Trinajstić information content (AvgIpc) is 2.45. The SMILES string of the molecule is CCc1c(NN)ncnc1NCC(=O)N(CC)CC. The maximum Gasteiger partial charge on any atom is 0.241 e. The van der Waals surface area contributed by atoms with Gasteiger partial charge in [-0.2, -0.15) is 0 Å². The summed E-state index contributed by atoms with van der Waals surface area (Å²) in [6.07, 6.45) is 2.14. The number of aromatic nitrogens is 2. The zero-order valence-electron chi connectivity index (χ0n) is 11.7. The quantitative estimate of drug-likeness (QED) is 0.494. The standard InChI is InChI=1S/C12H22N6O/c1-4-9-11(15-8-16-12(9)17-13)14-7-10(19)18(5-2)6-3/h8H,4-7,13H2,1-3H3,(H2,14,15,16,17). The molecule has 0 aliphatic heterocycles. The maximum atomic E-state index is 11.9. The number of anilines is 2. The highest BCUT2D eigenvalue weighted by Gasteiger charge is 2.12. The Hall–Kier alpha value is -1.89. The molecule has 1 aromatic rings. The molecular formula is C12H22N6O. The summed E-state index contributed by atoms with van der Waals surface area (Å²) < 4.78 is 0. The molecule has 0 radical (unpaired) electrons. The normalized spacial score (nSPS) is 10.1. The zero-order valence-corrected chi connectivity index (χ0v) is 11.7. The number of likely N-dealkylation sites (N-methyl/N-ethyl adjacent to an activating group) is 1. The van der Waals surface area contributed by atoms with Gasteiger partial charge >= 0.3 is 0 Å². The molecule has 0 unspecified atom stereocenters. The minimum Gasteiger partial charge on any atom is -0.361 e. The molecule has 1 rings (SSSR count). The van der Waals surface area contributed by atoms with E-state index in [-0.39, 0.29) is 12.5 Å². The molecule has 7 nitrogen and oxygen atoms in total. The molecule has 1 amide bonds. The molecule has 1 aromatic heterocycles. The Balaban J connectivity index is 2.75. The number of carbonyl (C=O) groups excluding carboxylic acids is 1. The zero-order chi connectivity index (χ0) is 14.3. The number of nitrogens with two attached hydrogens (primary N) is 1. The van der Waals surface area contributed by atoms with E-state index in [1.54, 1.807) is 4.90 Å². The van der Waals surface area contributed by atoms with Crippen LogP contribution in [0.25, 0.3) is 0 Å². The molecule has 0 aromatic carbocycles. The number of nitrogens with zero attached hydrogens (tertiary/aromatic N) is 3. The lowest BCUT2D eigenvalue weighted by Gasteiger charge is -2.19. The Morgan fingerprint density at radius 3 is 2.42 bits per heavy atom. The van der Waals surface area contributed by atoms with Gasteiger partial charge in [0, 0.05) is 18.7 Å². The van der Waals surface area contributed by atoms with Gasteiger partial charge in [0.1, 0.15) is 18.0 Å². The molecule has 0 saturated carbocycles. The second-order valence-electron chi connectivity index (χ2n) is 3.97. The van der Waals surface area contributed by atoms with E-state index in [1.807, 2.05) is 20.8 Å². The van der Waals surface area contributed by atoms with Crippen molar-refractivity contribution in [2.24, 2.45) is 5.84 Å². The van der Waals surface area contributed by atoms with Gasteiger partial charge in [0.25, 0.3) is 0 Å². The largest absolute Gasteiger partial charge is 0.361 e. The Morgan fingerprint density at radius 1 is 1.26 bits per heavy atom. The molecule has 0 aliphatic carbocycles.